The average molecular weight is 619 g/mol. The van der Waals surface area contributed by atoms with Crippen molar-refractivity contribution in [3.8, 4) is 16.9 Å². The number of methoxy groups -OCH3 is 1. The molecule has 5 aromatic rings. The first-order valence-electron chi connectivity index (χ1n) is 14.3. The first-order valence-corrected chi connectivity index (χ1v) is 14.3. The molecule has 0 bridgehead atoms. The van der Waals surface area contributed by atoms with E-state index in [1.807, 2.05) is 43.3 Å². The lowest BCUT2D eigenvalue weighted by Crippen LogP contribution is -2.42. The van der Waals surface area contributed by atoms with Crippen LogP contribution in [0.25, 0.3) is 28.1 Å². The molecule has 2 aromatic carbocycles. The number of imidazole rings is 1. The molecule has 3 N–H and O–H groups in total. The molecule has 0 aliphatic carbocycles. The number of amides is 2. The summed E-state index contributed by atoms with van der Waals surface area (Å²) >= 11 is 0. The maximum Gasteiger partial charge on any atom is 0.320 e. The highest BCUT2D eigenvalue weighted by atomic mass is 19.2. The Hall–Kier alpha value is -4.76. The van der Waals surface area contributed by atoms with Gasteiger partial charge < -0.3 is 19.7 Å². The number of hydroxylamine groups is 2. The summed E-state index contributed by atoms with van der Waals surface area (Å²) in [5.41, 5.74) is 4.25. The van der Waals surface area contributed by atoms with Crippen LogP contribution in [0.5, 0.6) is 0 Å². The van der Waals surface area contributed by atoms with Crippen molar-refractivity contribution >= 4 is 23.0 Å². The van der Waals surface area contributed by atoms with Gasteiger partial charge in [0.2, 0.25) is 0 Å². The van der Waals surface area contributed by atoms with Gasteiger partial charge in [-0.3, -0.25) is 10.2 Å². The number of carbonyl (C=O) groups excluding carboxylic acids is 1. The van der Waals surface area contributed by atoms with Crippen molar-refractivity contribution in [2.45, 2.75) is 25.7 Å². The Morgan fingerprint density at radius 1 is 1.16 bits per heavy atom. The predicted octanol–water partition coefficient (Wildman–Crippen LogP) is 4.02. The van der Waals surface area contributed by atoms with E-state index in [2.05, 4.69) is 20.6 Å². The third kappa shape index (κ3) is 6.00. The number of benzene rings is 2. The van der Waals surface area contributed by atoms with Crippen LogP contribution in [0.15, 0.2) is 60.8 Å². The zero-order chi connectivity index (χ0) is 31.7. The molecule has 2 atom stereocenters. The molecule has 1 aliphatic heterocycles. The van der Waals surface area contributed by atoms with Gasteiger partial charge in [-0.05, 0) is 42.8 Å². The van der Waals surface area contributed by atoms with Crippen LogP contribution < -0.4 is 10.6 Å². The van der Waals surface area contributed by atoms with E-state index in [-0.39, 0.29) is 13.2 Å². The fourth-order valence-corrected chi connectivity index (χ4v) is 5.41. The number of aliphatic hydroxyl groups excluding tert-OH is 1. The Labute approximate surface area is 257 Å². The summed E-state index contributed by atoms with van der Waals surface area (Å²) in [6.07, 6.45) is 0.912. The number of urea groups is 1. The highest BCUT2D eigenvalue weighted by Gasteiger charge is 2.37. The van der Waals surface area contributed by atoms with Crippen LogP contribution in [0.1, 0.15) is 23.1 Å². The summed E-state index contributed by atoms with van der Waals surface area (Å²) in [4.78, 5) is 28.6. The molecule has 1 fully saturated rings. The van der Waals surface area contributed by atoms with Crippen molar-refractivity contribution in [1.82, 2.24) is 34.7 Å². The maximum atomic E-state index is 14.1. The van der Waals surface area contributed by atoms with Gasteiger partial charge in [-0.1, -0.05) is 24.3 Å². The summed E-state index contributed by atoms with van der Waals surface area (Å²) in [5.74, 6) is -1.07. The number of aliphatic hydroxyl groups is 1. The summed E-state index contributed by atoms with van der Waals surface area (Å²) in [7, 11) is 3.35. The van der Waals surface area contributed by atoms with Crippen LogP contribution >= 0.6 is 0 Å². The van der Waals surface area contributed by atoms with Gasteiger partial charge in [0.25, 0.3) is 0 Å². The first-order chi connectivity index (χ1) is 21.8. The van der Waals surface area contributed by atoms with Crippen LogP contribution in [0, 0.1) is 18.6 Å². The van der Waals surface area contributed by atoms with E-state index in [0.29, 0.717) is 64.0 Å². The molecule has 2 amide bonds. The highest BCUT2D eigenvalue weighted by Crippen LogP contribution is 2.33. The second-order valence-electron chi connectivity index (χ2n) is 10.7. The number of para-hydroxylation sites is 1. The van der Waals surface area contributed by atoms with Crippen molar-refractivity contribution in [3.63, 3.8) is 0 Å². The number of hydrogen-bond acceptors (Lipinski definition) is 8. The number of aryl methyl sites for hydroxylation is 1. The zero-order valence-electron chi connectivity index (χ0n) is 24.9. The molecule has 4 heterocycles. The van der Waals surface area contributed by atoms with Crippen molar-refractivity contribution in [2.75, 3.05) is 32.1 Å². The van der Waals surface area contributed by atoms with Gasteiger partial charge in [0.05, 0.1) is 24.0 Å². The standard InChI is InChI=1S/C31H32F2N8O4/c1-18-27(20-14-24-30(34-15-20)39(2)26(17-42)35-24)38-41(21-7-5-4-6-8-21)29(18)37-31(43)36-25-16-40(11-12-44-3)45-28(25)19-9-10-22(32)23(33)13-19/h4-10,13-15,25,28,42H,11-12,16-17H2,1-3H3,(H2,36,37,43)/t25-,28+/m1/s1. The van der Waals surface area contributed by atoms with Gasteiger partial charge in [-0.2, -0.15) is 10.2 Å². The zero-order valence-corrected chi connectivity index (χ0v) is 24.9. The molecule has 234 valence electrons. The lowest BCUT2D eigenvalue weighted by Gasteiger charge is -2.20. The molecule has 1 aliphatic rings. The topological polar surface area (TPSA) is 132 Å². The molecular formula is C31H32F2N8O4. The van der Waals surface area contributed by atoms with Crippen LogP contribution in [-0.4, -0.2) is 73.4 Å². The van der Waals surface area contributed by atoms with Crippen LogP contribution in [0.2, 0.25) is 0 Å². The van der Waals surface area contributed by atoms with Gasteiger partial charge in [-0.25, -0.2) is 28.2 Å². The second kappa shape index (κ2) is 12.7. The Morgan fingerprint density at radius 3 is 2.69 bits per heavy atom. The summed E-state index contributed by atoms with van der Waals surface area (Å²) in [6, 6.07) is 13.6. The summed E-state index contributed by atoms with van der Waals surface area (Å²) in [5, 5.41) is 22.0. The minimum Gasteiger partial charge on any atom is -0.388 e. The van der Waals surface area contributed by atoms with E-state index < -0.39 is 29.8 Å². The van der Waals surface area contributed by atoms with Crippen LogP contribution in [0.4, 0.5) is 19.4 Å². The van der Waals surface area contributed by atoms with E-state index >= 15 is 0 Å². The fraction of sp³-hybridized carbons (Fsp3) is 0.290. The number of carbonyl (C=O) groups is 1. The van der Waals surface area contributed by atoms with Gasteiger partial charge in [0, 0.05) is 44.6 Å². The number of halogens is 2. The number of hydrogen-bond donors (Lipinski definition) is 3. The number of rotatable bonds is 9. The molecule has 14 heteroatoms. The van der Waals surface area contributed by atoms with E-state index in [0.717, 1.165) is 12.1 Å². The SMILES string of the molecule is COCCN1C[C@@H](NC(=O)Nc2c(C)c(-c3cnc4c(c3)nc(CO)n4C)nn2-c2ccccc2)[C@H](c2ccc(F)c(F)c2)O1. The molecule has 0 radical (unpaired) electrons. The normalized spacial score (nSPS) is 16.8. The number of ether oxygens (including phenoxy) is 1. The number of nitrogens with zero attached hydrogens (tertiary/aromatic N) is 6. The van der Waals surface area contributed by atoms with Crippen molar-refractivity contribution < 1.29 is 28.3 Å². The van der Waals surface area contributed by atoms with E-state index in [1.165, 1.54) is 6.07 Å². The largest absolute Gasteiger partial charge is 0.388 e. The first kappa shape index (κ1) is 30.3. The van der Waals surface area contributed by atoms with E-state index in [9.17, 15) is 18.7 Å². The molecule has 3 aromatic heterocycles. The Bertz CT molecular complexity index is 1840. The molecule has 12 nitrogen and oxygen atoms in total. The predicted molar refractivity (Wildman–Crippen MR) is 161 cm³/mol. The number of anilines is 1. The van der Waals surface area contributed by atoms with E-state index in [4.69, 9.17) is 14.7 Å². The third-order valence-corrected chi connectivity index (χ3v) is 7.73. The number of pyridine rings is 1. The lowest BCUT2D eigenvalue weighted by molar-refractivity contribution is -0.154. The van der Waals surface area contributed by atoms with Gasteiger partial charge in [0.15, 0.2) is 17.3 Å². The molecule has 0 spiro atoms. The van der Waals surface area contributed by atoms with Crippen molar-refractivity contribution in [1.29, 1.82) is 0 Å². The quantitative estimate of drug-likeness (QED) is 0.226. The number of fused-ring (bicyclic) bond motifs is 1. The number of nitrogens with one attached hydrogen (secondary N) is 2. The van der Waals surface area contributed by atoms with Gasteiger partial charge in [0.1, 0.15) is 29.9 Å². The molecule has 6 rings (SSSR count). The second-order valence-corrected chi connectivity index (χ2v) is 10.7. The lowest BCUT2D eigenvalue weighted by atomic mass is 10.0. The molecule has 1 saturated heterocycles. The molecule has 0 saturated carbocycles. The van der Waals surface area contributed by atoms with Crippen molar-refractivity contribution in [3.05, 3.63) is 89.4 Å². The molecule has 0 unspecified atom stereocenters. The Morgan fingerprint density at radius 2 is 1.96 bits per heavy atom. The van der Waals surface area contributed by atoms with Gasteiger partial charge >= 0.3 is 6.03 Å². The summed E-state index contributed by atoms with van der Waals surface area (Å²) < 4.78 is 36.3. The Balaban J connectivity index is 1.31. The average Bonchev–Trinajstić information content (AvgIpc) is 3.70. The minimum atomic E-state index is -1.00. The fourth-order valence-electron chi connectivity index (χ4n) is 5.41. The third-order valence-electron chi connectivity index (χ3n) is 7.73. The van der Waals surface area contributed by atoms with E-state index in [1.54, 1.807) is 34.7 Å². The molecular weight excluding hydrogens is 586 g/mol. The monoisotopic (exact) mass is 618 g/mol. The smallest absolute Gasteiger partial charge is 0.320 e. The maximum absolute atomic E-state index is 14.1. The van der Waals surface area contributed by atoms with Crippen molar-refractivity contribution in [2.24, 2.45) is 7.05 Å². The summed E-state index contributed by atoms with van der Waals surface area (Å²) in [6.45, 7) is 2.69. The van der Waals surface area contributed by atoms with Crippen LogP contribution in [-0.2, 0) is 23.2 Å². The van der Waals surface area contributed by atoms with Gasteiger partial charge in [-0.15, -0.1) is 0 Å². The minimum absolute atomic E-state index is 0.222. The Kier molecular flexibility index (Phi) is 8.54. The molecule has 45 heavy (non-hydrogen) atoms. The van der Waals surface area contributed by atoms with Crippen LogP contribution in [0.3, 0.4) is 0 Å². The highest BCUT2D eigenvalue weighted by molar-refractivity contribution is 5.91. The number of aromatic nitrogens is 5.